The van der Waals surface area contributed by atoms with Crippen LogP contribution in [0.2, 0.25) is 0 Å². The highest BCUT2D eigenvalue weighted by atomic mass is 16.5. The summed E-state index contributed by atoms with van der Waals surface area (Å²) in [5.41, 5.74) is 6.23. The Balaban J connectivity index is 1.90. The summed E-state index contributed by atoms with van der Waals surface area (Å²) in [6.07, 6.45) is 3.49. The Bertz CT molecular complexity index is 660. The van der Waals surface area contributed by atoms with E-state index in [4.69, 9.17) is 10.5 Å². The molecule has 1 aromatic carbocycles. The number of pyridine rings is 1. The second-order valence-corrected chi connectivity index (χ2v) is 4.15. The zero-order valence-electron chi connectivity index (χ0n) is 11.1. The molecule has 4 heteroatoms. The number of rotatable bonds is 4. The van der Waals surface area contributed by atoms with Crippen LogP contribution < -0.4 is 15.9 Å². The first-order chi connectivity index (χ1) is 9.78. The van der Waals surface area contributed by atoms with E-state index in [-0.39, 0.29) is 5.43 Å². The Hall–Kier alpha value is -2.51. The first-order valence-electron chi connectivity index (χ1n) is 6.36. The zero-order valence-corrected chi connectivity index (χ0v) is 11.1. The Labute approximate surface area is 117 Å². The third-order valence-electron chi connectivity index (χ3n) is 2.65. The van der Waals surface area contributed by atoms with E-state index in [1.54, 1.807) is 12.4 Å². The van der Waals surface area contributed by atoms with Gasteiger partial charge in [-0.05, 0) is 18.2 Å². The minimum absolute atomic E-state index is 0.00773. The summed E-state index contributed by atoms with van der Waals surface area (Å²) in [4.78, 5) is 11.0. The largest absolute Gasteiger partial charge is 0.492 e. The molecule has 2 N–H and O–H groups in total. The smallest absolute Gasteiger partial charge is 0.181 e. The Morgan fingerprint density at radius 2 is 2.00 bits per heavy atom. The standard InChI is InChI=1S/C16H16N2O2/c17-8-2-4-14-3-1-5-16(13-14)20-12-11-18-9-6-15(19)7-10-18/h1,3,5-7,9-10,13H,8,11-12,17H2. The molecule has 0 saturated carbocycles. The number of ether oxygens (including phenoxy) is 1. The van der Waals surface area contributed by atoms with Crippen LogP contribution in [0, 0.1) is 11.8 Å². The highest BCUT2D eigenvalue weighted by Gasteiger charge is 1.95. The van der Waals surface area contributed by atoms with Crippen LogP contribution in [0.5, 0.6) is 5.75 Å². The van der Waals surface area contributed by atoms with Crippen molar-refractivity contribution in [3.63, 3.8) is 0 Å². The second kappa shape index (κ2) is 7.17. The van der Waals surface area contributed by atoms with Crippen LogP contribution in [-0.4, -0.2) is 17.7 Å². The first-order valence-corrected chi connectivity index (χ1v) is 6.36. The van der Waals surface area contributed by atoms with Gasteiger partial charge in [0.25, 0.3) is 0 Å². The molecule has 0 spiro atoms. The maximum absolute atomic E-state index is 11.0. The fourth-order valence-electron chi connectivity index (χ4n) is 1.68. The number of aromatic nitrogens is 1. The molecule has 0 radical (unpaired) electrons. The summed E-state index contributed by atoms with van der Waals surface area (Å²) in [5, 5.41) is 0. The van der Waals surface area contributed by atoms with Crippen molar-refractivity contribution in [1.29, 1.82) is 0 Å². The van der Waals surface area contributed by atoms with Gasteiger partial charge in [-0.25, -0.2) is 0 Å². The molecule has 0 aliphatic heterocycles. The van der Waals surface area contributed by atoms with E-state index in [2.05, 4.69) is 11.8 Å². The average molecular weight is 268 g/mol. The third-order valence-corrected chi connectivity index (χ3v) is 2.65. The van der Waals surface area contributed by atoms with E-state index in [1.807, 2.05) is 28.8 Å². The van der Waals surface area contributed by atoms with Gasteiger partial charge in [-0.1, -0.05) is 17.9 Å². The topological polar surface area (TPSA) is 57.2 Å². The molecular weight excluding hydrogens is 252 g/mol. The lowest BCUT2D eigenvalue weighted by atomic mass is 10.2. The molecule has 2 aromatic rings. The summed E-state index contributed by atoms with van der Waals surface area (Å²) in [6.45, 7) is 1.55. The van der Waals surface area contributed by atoms with Crippen molar-refractivity contribution in [2.75, 3.05) is 13.2 Å². The van der Waals surface area contributed by atoms with E-state index in [1.165, 1.54) is 12.1 Å². The molecule has 0 bridgehead atoms. The van der Waals surface area contributed by atoms with E-state index in [0.29, 0.717) is 19.7 Å². The van der Waals surface area contributed by atoms with Gasteiger partial charge < -0.3 is 15.0 Å². The van der Waals surface area contributed by atoms with Gasteiger partial charge in [0.15, 0.2) is 5.43 Å². The van der Waals surface area contributed by atoms with Crippen molar-refractivity contribution in [2.24, 2.45) is 5.73 Å². The molecule has 0 aliphatic rings. The predicted octanol–water partition coefficient (Wildman–Crippen LogP) is 1.24. The van der Waals surface area contributed by atoms with Crippen LogP contribution in [0.25, 0.3) is 0 Å². The van der Waals surface area contributed by atoms with Crippen molar-refractivity contribution in [1.82, 2.24) is 4.57 Å². The highest BCUT2D eigenvalue weighted by molar-refractivity contribution is 5.39. The number of hydrogen-bond acceptors (Lipinski definition) is 3. The molecule has 2 rings (SSSR count). The van der Waals surface area contributed by atoms with Gasteiger partial charge in [-0.2, -0.15) is 0 Å². The van der Waals surface area contributed by atoms with E-state index in [9.17, 15) is 4.79 Å². The van der Waals surface area contributed by atoms with Gasteiger partial charge in [0.05, 0.1) is 13.1 Å². The lowest BCUT2D eigenvalue weighted by Gasteiger charge is -2.08. The normalized spacial score (nSPS) is 9.65. The maximum atomic E-state index is 11.0. The van der Waals surface area contributed by atoms with Crippen LogP contribution in [0.15, 0.2) is 53.6 Å². The minimum Gasteiger partial charge on any atom is -0.492 e. The van der Waals surface area contributed by atoms with Gasteiger partial charge >= 0.3 is 0 Å². The summed E-state index contributed by atoms with van der Waals surface area (Å²) in [6, 6.07) is 10.6. The Kier molecular flexibility index (Phi) is 4.99. The minimum atomic E-state index is 0.00773. The van der Waals surface area contributed by atoms with Crippen LogP contribution in [-0.2, 0) is 6.54 Å². The van der Waals surface area contributed by atoms with Crippen LogP contribution >= 0.6 is 0 Å². The van der Waals surface area contributed by atoms with Gasteiger partial charge in [0.1, 0.15) is 12.4 Å². The lowest BCUT2D eigenvalue weighted by molar-refractivity contribution is 0.298. The second-order valence-electron chi connectivity index (χ2n) is 4.15. The first kappa shape index (κ1) is 13.9. The van der Waals surface area contributed by atoms with Crippen molar-refractivity contribution < 1.29 is 4.74 Å². The maximum Gasteiger partial charge on any atom is 0.181 e. The van der Waals surface area contributed by atoms with Crippen molar-refractivity contribution in [3.05, 3.63) is 64.6 Å². The quantitative estimate of drug-likeness (QED) is 0.849. The summed E-state index contributed by atoms with van der Waals surface area (Å²) in [7, 11) is 0. The molecule has 20 heavy (non-hydrogen) atoms. The number of hydrogen-bond donors (Lipinski definition) is 1. The third kappa shape index (κ3) is 4.30. The van der Waals surface area contributed by atoms with Crippen molar-refractivity contribution >= 4 is 0 Å². The average Bonchev–Trinajstić information content (AvgIpc) is 2.48. The summed E-state index contributed by atoms with van der Waals surface area (Å²) >= 11 is 0. The summed E-state index contributed by atoms with van der Waals surface area (Å²) < 4.78 is 7.57. The lowest BCUT2D eigenvalue weighted by Crippen LogP contribution is -2.10. The van der Waals surface area contributed by atoms with E-state index in [0.717, 1.165) is 11.3 Å². The summed E-state index contributed by atoms with van der Waals surface area (Å²) in [5.74, 6) is 6.54. The van der Waals surface area contributed by atoms with Gasteiger partial charge in [0.2, 0.25) is 0 Å². The molecule has 1 aromatic heterocycles. The monoisotopic (exact) mass is 268 g/mol. The molecule has 0 atom stereocenters. The molecule has 102 valence electrons. The fourth-order valence-corrected chi connectivity index (χ4v) is 1.68. The SMILES string of the molecule is NCC#Cc1cccc(OCCn2ccc(=O)cc2)c1. The van der Waals surface area contributed by atoms with Crippen molar-refractivity contribution in [2.45, 2.75) is 6.54 Å². The number of benzene rings is 1. The molecule has 0 aliphatic carbocycles. The zero-order chi connectivity index (χ0) is 14.2. The Morgan fingerprint density at radius 1 is 1.20 bits per heavy atom. The molecule has 4 nitrogen and oxygen atoms in total. The van der Waals surface area contributed by atoms with Crippen molar-refractivity contribution in [3.8, 4) is 17.6 Å². The van der Waals surface area contributed by atoms with Crippen LogP contribution in [0.4, 0.5) is 0 Å². The van der Waals surface area contributed by atoms with Gasteiger partial charge in [0, 0.05) is 30.1 Å². The number of nitrogens with zero attached hydrogens (tertiary/aromatic N) is 1. The molecular formula is C16H16N2O2. The molecule has 0 amide bonds. The molecule has 0 saturated heterocycles. The van der Waals surface area contributed by atoms with E-state index >= 15 is 0 Å². The molecule has 1 heterocycles. The molecule has 0 unspecified atom stereocenters. The molecule has 0 fully saturated rings. The van der Waals surface area contributed by atoms with Gasteiger partial charge in [-0.3, -0.25) is 4.79 Å². The van der Waals surface area contributed by atoms with Gasteiger partial charge in [-0.15, -0.1) is 0 Å². The number of nitrogens with two attached hydrogens (primary N) is 1. The highest BCUT2D eigenvalue weighted by Crippen LogP contribution is 2.12. The van der Waals surface area contributed by atoms with E-state index < -0.39 is 0 Å². The predicted molar refractivity (Wildman–Crippen MR) is 78.6 cm³/mol. The van der Waals surface area contributed by atoms with Crippen LogP contribution in [0.3, 0.4) is 0 Å². The fraction of sp³-hybridized carbons (Fsp3) is 0.188. The van der Waals surface area contributed by atoms with Crippen LogP contribution in [0.1, 0.15) is 5.56 Å². The Morgan fingerprint density at radius 3 is 2.75 bits per heavy atom.